The summed E-state index contributed by atoms with van der Waals surface area (Å²) in [6, 6.07) is 15.1. The van der Waals surface area contributed by atoms with E-state index in [1.165, 1.54) is 29.5 Å². The number of hydrogen-bond acceptors (Lipinski definition) is 3. The molecule has 0 aromatic heterocycles. The molecule has 0 saturated carbocycles. The summed E-state index contributed by atoms with van der Waals surface area (Å²) in [6.45, 7) is 5.71. The van der Waals surface area contributed by atoms with Crippen molar-refractivity contribution in [3.05, 3.63) is 65.2 Å². The molecule has 2 rings (SSSR count). The van der Waals surface area contributed by atoms with Crippen molar-refractivity contribution in [1.82, 2.24) is 14.9 Å². The molecule has 0 heterocycles. The van der Waals surface area contributed by atoms with Gasteiger partial charge in [-0.15, -0.1) is 24.0 Å². The van der Waals surface area contributed by atoms with Gasteiger partial charge in [-0.05, 0) is 36.6 Å². The van der Waals surface area contributed by atoms with Crippen LogP contribution in [0.25, 0.3) is 0 Å². The summed E-state index contributed by atoms with van der Waals surface area (Å²) >= 11 is 0. The Labute approximate surface area is 185 Å². The lowest BCUT2D eigenvalue weighted by atomic mass is 10.1. The second-order valence-corrected chi connectivity index (χ2v) is 8.49. The van der Waals surface area contributed by atoms with Crippen molar-refractivity contribution in [2.45, 2.75) is 31.8 Å². The zero-order valence-electron chi connectivity index (χ0n) is 16.8. The van der Waals surface area contributed by atoms with Crippen molar-refractivity contribution in [2.24, 2.45) is 4.99 Å². The van der Waals surface area contributed by atoms with E-state index in [9.17, 15) is 8.42 Å². The van der Waals surface area contributed by atoms with E-state index in [4.69, 9.17) is 0 Å². The zero-order valence-corrected chi connectivity index (χ0v) is 19.9. The molecule has 0 aliphatic heterocycles. The van der Waals surface area contributed by atoms with E-state index in [0.29, 0.717) is 18.1 Å². The molecule has 0 aliphatic rings. The quantitative estimate of drug-likeness (QED) is 0.337. The lowest BCUT2D eigenvalue weighted by Crippen LogP contribution is -2.37. The van der Waals surface area contributed by atoms with Gasteiger partial charge in [0.1, 0.15) is 0 Å². The molecule has 0 unspecified atom stereocenters. The van der Waals surface area contributed by atoms with E-state index in [0.717, 1.165) is 6.54 Å². The normalized spacial score (nSPS) is 11.8. The first kappa shape index (κ1) is 24.4. The number of aryl methyl sites for hydroxylation is 1. The third kappa shape index (κ3) is 6.46. The molecule has 0 saturated heterocycles. The summed E-state index contributed by atoms with van der Waals surface area (Å²) in [5.74, 6) is 0.651. The third-order valence-corrected chi connectivity index (χ3v) is 6.11. The minimum Gasteiger partial charge on any atom is -0.357 e. The number of hydrogen-bond donors (Lipinski definition) is 2. The molecular weight excluding hydrogens is 487 g/mol. The van der Waals surface area contributed by atoms with Crippen LogP contribution in [0.1, 0.15) is 23.6 Å². The van der Waals surface area contributed by atoms with E-state index in [-0.39, 0.29) is 35.4 Å². The Balaban J connectivity index is 0.00000392. The Morgan fingerprint density at radius 3 is 2.21 bits per heavy atom. The predicted octanol–water partition coefficient (Wildman–Crippen LogP) is 3.12. The molecule has 6 nitrogen and oxygen atoms in total. The molecule has 2 aromatic carbocycles. The van der Waals surface area contributed by atoms with Gasteiger partial charge in [0.05, 0.1) is 11.4 Å². The first-order valence-corrected chi connectivity index (χ1v) is 10.4. The number of nitrogens with zero attached hydrogens (tertiary/aromatic N) is 2. The number of halogens is 1. The first-order valence-electron chi connectivity index (χ1n) is 8.93. The highest BCUT2D eigenvalue weighted by molar-refractivity contribution is 14.0. The lowest BCUT2D eigenvalue weighted by Gasteiger charge is -2.15. The number of benzene rings is 2. The van der Waals surface area contributed by atoms with Gasteiger partial charge in [-0.2, -0.15) is 0 Å². The number of nitrogens with one attached hydrogen (secondary N) is 2. The number of aliphatic imine (C=N–C) groups is 1. The van der Waals surface area contributed by atoms with Gasteiger partial charge in [-0.1, -0.05) is 42.5 Å². The number of rotatable bonds is 7. The van der Waals surface area contributed by atoms with Gasteiger partial charge in [0.15, 0.2) is 5.96 Å². The Kier molecular flexibility index (Phi) is 9.91. The Bertz CT molecular complexity index is 899. The van der Waals surface area contributed by atoms with Gasteiger partial charge >= 0.3 is 0 Å². The van der Waals surface area contributed by atoms with Crippen LogP contribution in [0.2, 0.25) is 0 Å². The largest absolute Gasteiger partial charge is 0.357 e. The second kappa shape index (κ2) is 11.4. The van der Waals surface area contributed by atoms with Crippen LogP contribution in [0.4, 0.5) is 0 Å². The summed E-state index contributed by atoms with van der Waals surface area (Å²) in [7, 11) is -0.443. The molecule has 0 fully saturated rings. The first-order chi connectivity index (χ1) is 12.9. The molecular formula is C20H29IN4O2S. The van der Waals surface area contributed by atoms with Crippen LogP contribution in [0.15, 0.2) is 58.4 Å². The molecule has 0 aliphatic carbocycles. The van der Waals surface area contributed by atoms with Crippen molar-refractivity contribution in [3.8, 4) is 0 Å². The smallest absolute Gasteiger partial charge is 0.242 e. The Morgan fingerprint density at radius 1 is 1.00 bits per heavy atom. The summed E-state index contributed by atoms with van der Waals surface area (Å²) in [4.78, 5) is 4.86. The predicted molar refractivity (Wildman–Crippen MR) is 126 cm³/mol. The summed E-state index contributed by atoms with van der Waals surface area (Å²) < 4.78 is 26.3. The number of sulfonamides is 1. The zero-order chi connectivity index (χ0) is 19.9. The van der Waals surface area contributed by atoms with Crippen LogP contribution < -0.4 is 10.6 Å². The van der Waals surface area contributed by atoms with Crippen LogP contribution in [0.5, 0.6) is 0 Å². The fraction of sp³-hybridized carbons (Fsp3) is 0.350. The molecule has 0 radical (unpaired) electrons. The monoisotopic (exact) mass is 516 g/mol. The minimum absolute atomic E-state index is 0. The Hall–Kier alpha value is -1.65. The van der Waals surface area contributed by atoms with Gasteiger partial charge in [-0.3, -0.25) is 0 Å². The average Bonchev–Trinajstić information content (AvgIpc) is 2.65. The standard InChI is InChI=1S/C20H28N4O2S.HI/c1-5-21-20(22-14-17-11-7-6-10-16(17)2)23-15-18-12-8-9-13-19(18)27(25,26)24(3)4;/h6-13H,5,14-15H2,1-4H3,(H2,21,22,23);1H. The van der Waals surface area contributed by atoms with E-state index >= 15 is 0 Å². The molecule has 0 atom stereocenters. The van der Waals surface area contributed by atoms with Crippen molar-refractivity contribution < 1.29 is 8.42 Å². The fourth-order valence-electron chi connectivity index (χ4n) is 2.58. The van der Waals surface area contributed by atoms with Crippen LogP contribution >= 0.6 is 24.0 Å². The van der Waals surface area contributed by atoms with Crippen molar-refractivity contribution in [1.29, 1.82) is 0 Å². The molecule has 0 amide bonds. The third-order valence-electron chi connectivity index (χ3n) is 4.19. The fourth-order valence-corrected chi connectivity index (χ4v) is 3.68. The molecule has 2 aromatic rings. The van der Waals surface area contributed by atoms with Gasteiger partial charge < -0.3 is 10.6 Å². The van der Waals surface area contributed by atoms with E-state index in [1.807, 2.05) is 25.1 Å². The molecule has 8 heteroatoms. The maximum Gasteiger partial charge on any atom is 0.242 e. The van der Waals surface area contributed by atoms with Crippen LogP contribution in [0, 0.1) is 6.92 Å². The van der Waals surface area contributed by atoms with Crippen LogP contribution in [-0.4, -0.2) is 39.3 Å². The van der Waals surface area contributed by atoms with E-state index in [2.05, 4.69) is 34.7 Å². The van der Waals surface area contributed by atoms with Crippen molar-refractivity contribution in [2.75, 3.05) is 20.6 Å². The summed E-state index contributed by atoms with van der Waals surface area (Å²) in [5, 5.41) is 6.51. The lowest BCUT2D eigenvalue weighted by molar-refractivity contribution is 0.519. The number of guanidine groups is 1. The van der Waals surface area contributed by atoms with Crippen molar-refractivity contribution in [3.63, 3.8) is 0 Å². The van der Waals surface area contributed by atoms with Gasteiger partial charge in [0.25, 0.3) is 0 Å². The summed E-state index contributed by atoms with van der Waals surface area (Å²) in [6.07, 6.45) is 0. The van der Waals surface area contributed by atoms with Crippen LogP contribution in [0.3, 0.4) is 0 Å². The van der Waals surface area contributed by atoms with Gasteiger partial charge in [0, 0.05) is 27.2 Å². The topological polar surface area (TPSA) is 73.8 Å². The summed E-state index contributed by atoms with van der Waals surface area (Å²) in [5.41, 5.74) is 3.07. The van der Waals surface area contributed by atoms with Crippen molar-refractivity contribution >= 4 is 40.0 Å². The molecule has 28 heavy (non-hydrogen) atoms. The molecule has 154 valence electrons. The van der Waals surface area contributed by atoms with E-state index < -0.39 is 10.0 Å². The molecule has 0 spiro atoms. The highest BCUT2D eigenvalue weighted by atomic mass is 127. The Morgan fingerprint density at radius 2 is 1.61 bits per heavy atom. The van der Waals surface area contributed by atoms with E-state index in [1.54, 1.807) is 18.2 Å². The van der Waals surface area contributed by atoms with Crippen LogP contribution in [-0.2, 0) is 23.1 Å². The molecule has 0 bridgehead atoms. The maximum atomic E-state index is 12.5. The maximum absolute atomic E-state index is 12.5. The highest BCUT2D eigenvalue weighted by Crippen LogP contribution is 2.19. The molecule has 2 N–H and O–H groups in total. The minimum atomic E-state index is -3.51. The second-order valence-electron chi connectivity index (χ2n) is 6.37. The average molecular weight is 516 g/mol. The van der Waals surface area contributed by atoms with Gasteiger partial charge in [0.2, 0.25) is 10.0 Å². The SMILES string of the molecule is CCNC(=NCc1ccccc1S(=O)(=O)N(C)C)NCc1ccccc1C.I. The van der Waals surface area contributed by atoms with Gasteiger partial charge in [-0.25, -0.2) is 17.7 Å². The highest BCUT2D eigenvalue weighted by Gasteiger charge is 2.20.